The molecule has 7 heteroatoms. The van der Waals surface area contributed by atoms with Gasteiger partial charge in [0.2, 0.25) is 0 Å². The number of amides is 1. The SMILES string of the molecule is CC(NC(=O)c1cccc(NN)n1)c1ccc(Cl)cc1Cl. The summed E-state index contributed by atoms with van der Waals surface area (Å²) in [6.45, 7) is 1.83. The van der Waals surface area contributed by atoms with E-state index in [-0.39, 0.29) is 17.6 Å². The number of benzene rings is 1. The number of nitrogens with zero attached hydrogens (tertiary/aromatic N) is 1. The molecular weight excluding hydrogens is 311 g/mol. The van der Waals surface area contributed by atoms with Gasteiger partial charge in [0.25, 0.3) is 5.91 Å². The highest BCUT2D eigenvalue weighted by molar-refractivity contribution is 6.35. The second kappa shape index (κ2) is 6.76. The zero-order chi connectivity index (χ0) is 15.4. The maximum atomic E-state index is 12.2. The van der Waals surface area contributed by atoms with Crippen LogP contribution >= 0.6 is 23.2 Å². The third-order valence-electron chi connectivity index (χ3n) is 2.91. The minimum absolute atomic E-state index is 0.266. The minimum Gasteiger partial charge on any atom is -0.344 e. The zero-order valence-corrected chi connectivity index (χ0v) is 12.7. The van der Waals surface area contributed by atoms with E-state index in [0.29, 0.717) is 15.9 Å². The van der Waals surface area contributed by atoms with Crippen molar-refractivity contribution in [1.82, 2.24) is 10.3 Å². The molecule has 1 heterocycles. The summed E-state index contributed by atoms with van der Waals surface area (Å²) in [6, 6.07) is 9.82. The van der Waals surface area contributed by atoms with E-state index >= 15 is 0 Å². The molecule has 0 aliphatic carbocycles. The molecule has 0 aliphatic rings. The van der Waals surface area contributed by atoms with Gasteiger partial charge < -0.3 is 10.7 Å². The maximum absolute atomic E-state index is 12.2. The van der Waals surface area contributed by atoms with Crippen LogP contribution in [0.25, 0.3) is 0 Å². The molecule has 21 heavy (non-hydrogen) atoms. The van der Waals surface area contributed by atoms with Gasteiger partial charge in [0, 0.05) is 10.0 Å². The molecular formula is C14H14Cl2N4O. The molecule has 0 saturated carbocycles. The van der Waals surface area contributed by atoms with Crippen LogP contribution in [-0.2, 0) is 0 Å². The second-order valence-corrected chi connectivity index (χ2v) is 5.26. The lowest BCUT2D eigenvalue weighted by Crippen LogP contribution is -2.28. The quantitative estimate of drug-likeness (QED) is 0.596. The molecule has 0 fully saturated rings. The van der Waals surface area contributed by atoms with Crippen molar-refractivity contribution < 1.29 is 4.79 Å². The third-order valence-corrected chi connectivity index (χ3v) is 3.47. The molecule has 0 aliphatic heterocycles. The molecule has 0 spiro atoms. The van der Waals surface area contributed by atoms with Gasteiger partial charge in [-0.2, -0.15) is 0 Å². The first kappa shape index (κ1) is 15.6. The Morgan fingerprint density at radius 2 is 2.05 bits per heavy atom. The van der Waals surface area contributed by atoms with Crippen LogP contribution in [0, 0.1) is 0 Å². The fraction of sp³-hybridized carbons (Fsp3) is 0.143. The smallest absolute Gasteiger partial charge is 0.270 e. The topological polar surface area (TPSA) is 80.0 Å². The molecule has 1 unspecified atom stereocenters. The minimum atomic E-state index is -0.314. The fourth-order valence-electron chi connectivity index (χ4n) is 1.84. The Kier molecular flexibility index (Phi) is 5.01. The van der Waals surface area contributed by atoms with Crippen LogP contribution < -0.4 is 16.6 Å². The Labute approximate surface area is 132 Å². The first-order valence-electron chi connectivity index (χ1n) is 6.20. The van der Waals surface area contributed by atoms with Crippen molar-refractivity contribution in [2.24, 2.45) is 5.84 Å². The van der Waals surface area contributed by atoms with Gasteiger partial charge in [-0.15, -0.1) is 0 Å². The second-order valence-electron chi connectivity index (χ2n) is 4.41. The van der Waals surface area contributed by atoms with Gasteiger partial charge in [-0.3, -0.25) is 4.79 Å². The van der Waals surface area contributed by atoms with Crippen LogP contribution in [0.3, 0.4) is 0 Å². The molecule has 2 aromatic rings. The van der Waals surface area contributed by atoms with Crippen LogP contribution in [0.2, 0.25) is 10.0 Å². The highest BCUT2D eigenvalue weighted by atomic mass is 35.5. The molecule has 0 bridgehead atoms. The summed E-state index contributed by atoms with van der Waals surface area (Å²) in [4.78, 5) is 16.2. The number of nitrogens with one attached hydrogen (secondary N) is 2. The summed E-state index contributed by atoms with van der Waals surface area (Å²) < 4.78 is 0. The maximum Gasteiger partial charge on any atom is 0.270 e. The lowest BCUT2D eigenvalue weighted by molar-refractivity contribution is 0.0935. The first-order valence-corrected chi connectivity index (χ1v) is 6.96. The Morgan fingerprint density at radius 3 is 2.71 bits per heavy atom. The number of pyridine rings is 1. The number of carbonyl (C=O) groups excluding carboxylic acids is 1. The van der Waals surface area contributed by atoms with Crippen molar-refractivity contribution in [2.75, 3.05) is 5.43 Å². The summed E-state index contributed by atoms with van der Waals surface area (Å²) in [5.74, 6) is 5.37. The number of anilines is 1. The normalized spacial score (nSPS) is 11.8. The molecule has 5 nitrogen and oxygen atoms in total. The summed E-state index contributed by atoms with van der Waals surface area (Å²) >= 11 is 12.0. The average molecular weight is 325 g/mol. The van der Waals surface area contributed by atoms with Gasteiger partial charge in [-0.05, 0) is 36.8 Å². The Balaban J connectivity index is 2.14. The van der Waals surface area contributed by atoms with Gasteiger partial charge in [-0.25, -0.2) is 10.8 Å². The average Bonchev–Trinajstić information content (AvgIpc) is 2.47. The number of carbonyl (C=O) groups is 1. The molecule has 1 aromatic carbocycles. The van der Waals surface area contributed by atoms with Crippen molar-refractivity contribution in [3.8, 4) is 0 Å². The van der Waals surface area contributed by atoms with Crippen molar-refractivity contribution in [2.45, 2.75) is 13.0 Å². The Morgan fingerprint density at radius 1 is 1.29 bits per heavy atom. The lowest BCUT2D eigenvalue weighted by atomic mass is 10.1. The number of halogens is 2. The van der Waals surface area contributed by atoms with Gasteiger partial charge in [0.15, 0.2) is 0 Å². The summed E-state index contributed by atoms with van der Waals surface area (Å²) in [5.41, 5.74) is 3.44. The van der Waals surface area contributed by atoms with E-state index in [4.69, 9.17) is 29.0 Å². The standard InChI is InChI=1S/C14H14Cl2N4O/c1-8(10-6-5-9(15)7-11(10)16)18-14(21)12-3-2-4-13(19-12)20-17/h2-8H,17H2,1H3,(H,18,21)(H,19,20). The molecule has 1 atom stereocenters. The summed E-state index contributed by atoms with van der Waals surface area (Å²) in [7, 11) is 0. The van der Waals surface area contributed by atoms with Gasteiger partial charge in [0.1, 0.15) is 11.5 Å². The third kappa shape index (κ3) is 3.85. The molecule has 1 aromatic heterocycles. The van der Waals surface area contributed by atoms with E-state index in [1.807, 2.05) is 6.92 Å². The number of aromatic nitrogens is 1. The van der Waals surface area contributed by atoms with Crippen LogP contribution in [0.4, 0.5) is 5.82 Å². The fourth-order valence-corrected chi connectivity index (χ4v) is 2.41. The molecule has 4 N–H and O–H groups in total. The number of hydrazine groups is 1. The van der Waals surface area contributed by atoms with E-state index in [1.54, 1.807) is 36.4 Å². The first-order chi connectivity index (χ1) is 10.0. The van der Waals surface area contributed by atoms with Crippen molar-refractivity contribution in [1.29, 1.82) is 0 Å². The van der Waals surface area contributed by atoms with Crippen LogP contribution in [0.1, 0.15) is 29.0 Å². The number of nitrogens with two attached hydrogens (primary N) is 1. The predicted molar refractivity (Wildman–Crippen MR) is 84.4 cm³/mol. The van der Waals surface area contributed by atoms with E-state index in [9.17, 15) is 4.79 Å². The predicted octanol–water partition coefficient (Wildman–Crippen LogP) is 3.17. The molecule has 0 radical (unpaired) electrons. The Hall–Kier alpha value is -1.82. The van der Waals surface area contributed by atoms with Crippen LogP contribution in [0.15, 0.2) is 36.4 Å². The molecule has 2 rings (SSSR count). The van der Waals surface area contributed by atoms with Crippen molar-refractivity contribution in [3.05, 3.63) is 57.7 Å². The van der Waals surface area contributed by atoms with Crippen molar-refractivity contribution >= 4 is 34.9 Å². The number of hydrogen-bond acceptors (Lipinski definition) is 4. The molecule has 110 valence electrons. The molecule has 1 amide bonds. The van der Waals surface area contributed by atoms with E-state index in [0.717, 1.165) is 5.56 Å². The summed E-state index contributed by atoms with van der Waals surface area (Å²) in [5, 5.41) is 3.87. The largest absolute Gasteiger partial charge is 0.344 e. The van der Waals surface area contributed by atoms with Gasteiger partial charge >= 0.3 is 0 Å². The van der Waals surface area contributed by atoms with Gasteiger partial charge in [0.05, 0.1) is 6.04 Å². The lowest BCUT2D eigenvalue weighted by Gasteiger charge is -2.16. The van der Waals surface area contributed by atoms with E-state index in [1.165, 1.54) is 0 Å². The Bertz CT molecular complexity index is 663. The van der Waals surface area contributed by atoms with Gasteiger partial charge in [-0.1, -0.05) is 35.3 Å². The van der Waals surface area contributed by atoms with E-state index in [2.05, 4.69) is 15.7 Å². The number of hydrogen-bond donors (Lipinski definition) is 3. The zero-order valence-electron chi connectivity index (χ0n) is 11.2. The monoisotopic (exact) mass is 324 g/mol. The van der Waals surface area contributed by atoms with E-state index < -0.39 is 0 Å². The molecule has 0 saturated heterocycles. The highest BCUT2D eigenvalue weighted by Crippen LogP contribution is 2.26. The van der Waals surface area contributed by atoms with Crippen molar-refractivity contribution in [3.63, 3.8) is 0 Å². The van der Waals surface area contributed by atoms with Crippen LogP contribution in [-0.4, -0.2) is 10.9 Å². The number of nitrogen functional groups attached to an aromatic ring is 1. The van der Waals surface area contributed by atoms with Crippen LogP contribution in [0.5, 0.6) is 0 Å². The summed E-state index contributed by atoms with van der Waals surface area (Å²) in [6.07, 6.45) is 0. The highest BCUT2D eigenvalue weighted by Gasteiger charge is 2.15. The number of rotatable bonds is 4.